The number of rotatable bonds is 5. The Hall–Kier alpha value is -3.15. The van der Waals surface area contributed by atoms with Crippen molar-refractivity contribution in [2.24, 2.45) is 0 Å². The van der Waals surface area contributed by atoms with Crippen molar-refractivity contribution in [2.75, 3.05) is 14.2 Å². The second kappa shape index (κ2) is 8.69. The molecule has 0 spiro atoms. The number of phenolic OH excluding ortho intramolecular Hbond substituents is 1. The van der Waals surface area contributed by atoms with E-state index < -0.39 is 0 Å². The highest BCUT2D eigenvalue weighted by Crippen LogP contribution is 2.36. The van der Waals surface area contributed by atoms with E-state index in [2.05, 4.69) is 16.7 Å². The minimum atomic E-state index is -0.137. The Kier molecular flexibility index (Phi) is 5.84. The van der Waals surface area contributed by atoms with Crippen LogP contribution in [0.4, 0.5) is 0 Å². The highest BCUT2D eigenvalue weighted by Gasteiger charge is 2.31. The monoisotopic (exact) mass is 423 g/mol. The summed E-state index contributed by atoms with van der Waals surface area (Å²) in [6.45, 7) is 0. The first-order chi connectivity index (χ1) is 14.6. The first-order valence-electron chi connectivity index (χ1n) is 9.68. The second-order valence-corrected chi connectivity index (χ2v) is 7.50. The van der Waals surface area contributed by atoms with Crippen LogP contribution in [-0.4, -0.2) is 19.3 Å². The zero-order valence-electron chi connectivity index (χ0n) is 16.8. The fourth-order valence-electron chi connectivity index (χ4n) is 3.79. The maximum absolute atomic E-state index is 10.8. The van der Waals surface area contributed by atoms with Gasteiger partial charge in [-0.25, -0.2) is 0 Å². The molecule has 0 radical (unpaired) electrons. The lowest BCUT2D eigenvalue weighted by Gasteiger charge is -2.30. The second-order valence-electron chi connectivity index (χ2n) is 7.07. The summed E-state index contributed by atoms with van der Waals surface area (Å²) in [7, 11) is 3.22. The van der Waals surface area contributed by atoms with E-state index in [0.29, 0.717) is 10.8 Å². The van der Waals surface area contributed by atoms with Gasteiger partial charge < -0.3 is 25.2 Å². The molecule has 3 aromatic carbocycles. The van der Waals surface area contributed by atoms with Crippen LogP contribution < -0.4 is 20.1 Å². The van der Waals surface area contributed by atoms with Gasteiger partial charge in [-0.1, -0.05) is 41.9 Å². The molecule has 2 atom stereocenters. The lowest BCUT2D eigenvalue weighted by Crippen LogP contribution is -2.89. The fraction of sp³-hybridized carbons (Fsp3) is 0.167. The number of halogens is 1. The Balaban J connectivity index is 1.80. The van der Waals surface area contributed by atoms with Crippen LogP contribution in [0, 0.1) is 0 Å². The molecule has 4 N–H and O–H groups in total. The van der Waals surface area contributed by atoms with E-state index in [1.807, 2.05) is 60.7 Å². The maximum Gasteiger partial charge on any atom is 0.190 e. The lowest BCUT2D eigenvalue weighted by molar-refractivity contribution is -0.731. The van der Waals surface area contributed by atoms with Crippen molar-refractivity contribution in [3.05, 3.63) is 94.5 Å². The molecule has 0 amide bonds. The van der Waals surface area contributed by atoms with Gasteiger partial charge in [0.1, 0.15) is 11.8 Å². The standard InChI is InChI=1S/C24H23ClN2O3/c1-29-21-8-4-3-6-18(21)24-26-19(15-10-12-16(25)13-11-15)14-20(27-24)17-7-5-9-22(30-2)23(17)28/h3-14,20,24,26-28H,1-2H3/p+1. The first kappa shape index (κ1) is 20.1. The number of para-hydroxylation sites is 2. The maximum atomic E-state index is 10.8. The van der Waals surface area contributed by atoms with Gasteiger partial charge >= 0.3 is 0 Å². The molecule has 0 aliphatic carbocycles. The molecule has 0 bridgehead atoms. The highest BCUT2D eigenvalue weighted by atomic mass is 35.5. The Morgan fingerprint density at radius 2 is 1.53 bits per heavy atom. The molecular weight excluding hydrogens is 400 g/mol. The van der Waals surface area contributed by atoms with Crippen molar-refractivity contribution < 1.29 is 19.9 Å². The topological polar surface area (TPSA) is 67.3 Å². The number of ether oxygens (including phenoxy) is 2. The van der Waals surface area contributed by atoms with Crippen LogP contribution in [0.3, 0.4) is 0 Å². The van der Waals surface area contributed by atoms with E-state index >= 15 is 0 Å². The Morgan fingerprint density at radius 3 is 2.27 bits per heavy atom. The number of benzene rings is 3. The van der Waals surface area contributed by atoms with Crippen LogP contribution in [-0.2, 0) is 0 Å². The van der Waals surface area contributed by atoms with Crippen LogP contribution in [0.25, 0.3) is 5.70 Å². The normalized spacial score (nSPS) is 18.3. The number of phenols is 1. The summed E-state index contributed by atoms with van der Waals surface area (Å²) in [6.07, 6.45) is 1.98. The third-order valence-electron chi connectivity index (χ3n) is 5.30. The van der Waals surface area contributed by atoms with Gasteiger partial charge in [-0.05, 0) is 42.0 Å². The van der Waals surface area contributed by atoms with E-state index in [1.165, 1.54) is 0 Å². The summed E-state index contributed by atoms with van der Waals surface area (Å²) in [4.78, 5) is 0. The molecule has 0 fully saturated rings. The van der Waals surface area contributed by atoms with E-state index in [0.717, 1.165) is 28.1 Å². The van der Waals surface area contributed by atoms with Crippen molar-refractivity contribution in [2.45, 2.75) is 12.2 Å². The molecule has 0 saturated heterocycles. The molecule has 30 heavy (non-hydrogen) atoms. The molecule has 1 heterocycles. The zero-order chi connectivity index (χ0) is 21.1. The van der Waals surface area contributed by atoms with Gasteiger partial charge in [0.2, 0.25) is 0 Å². The lowest BCUT2D eigenvalue weighted by atomic mass is 9.97. The molecule has 1 aliphatic heterocycles. The predicted octanol–water partition coefficient (Wildman–Crippen LogP) is 4.01. The molecular formula is C24H24ClN2O3+. The largest absolute Gasteiger partial charge is 0.504 e. The van der Waals surface area contributed by atoms with Crippen LogP contribution in [0.15, 0.2) is 72.8 Å². The molecule has 154 valence electrons. The number of hydrogen-bond donors (Lipinski definition) is 3. The van der Waals surface area contributed by atoms with Gasteiger partial charge in [0.15, 0.2) is 17.7 Å². The van der Waals surface area contributed by atoms with E-state index in [9.17, 15) is 5.11 Å². The summed E-state index contributed by atoms with van der Waals surface area (Å²) in [5.74, 6) is 1.40. The average molecular weight is 424 g/mol. The van der Waals surface area contributed by atoms with Crippen LogP contribution in [0.1, 0.15) is 28.9 Å². The third kappa shape index (κ3) is 3.95. The van der Waals surface area contributed by atoms with Gasteiger partial charge in [0.25, 0.3) is 0 Å². The van der Waals surface area contributed by atoms with Gasteiger partial charge in [0.05, 0.1) is 25.3 Å². The molecule has 6 heteroatoms. The van der Waals surface area contributed by atoms with Crippen molar-refractivity contribution in [1.29, 1.82) is 0 Å². The Labute approximate surface area is 180 Å². The number of nitrogens with two attached hydrogens (primary N) is 1. The van der Waals surface area contributed by atoms with Crippen molar-refractivity contribution >= 4 is 17.3 Å². The Morgan fingerprint density at radius 1 is 0.867 bits per heavy atom. The number of hydrogen-bond acceptors (Lipinski definition) is 4. The summed E-state index contributed by atoms with van der Waals surface area (Å²) >= 11 is 6.08. The summed E-state index contributed by atoms with van der Waals surface area (Å²) in [5, 5.41) is 17.2. The van der Waals surface area contributed by atoms with Crippen LogP contribution in [0.2, 0.25) is 5.02 Å². The highest BCUT2D eigenvalue weighted by molar-refractivity contribution is 6.30. The average Bonchev–Trinajstić information content (AvgIpc) is 2.79. The summed E-state index contributed by atoms with van der Waals surface area (Å²) in [6, 6.07) is 21.0. The first-order valence-corrected chi connectivity index (χ1v) is 10.1. The molecule has 5 nitrogen and oxygen atoms in total. The number of quaternary nitrogens is 1. The van der Waals surface area contributed by atoms with Gasteiger partial charge in [0, 0.05) is 16.8 Å². The Bertz CT molecular complexity index is 1070. The smallest absolute Gasteiger partial charge is 0.190 e. The minimum absolute atomic E-state index is 0.118. The molecule has 1 aliphatic rings. The van der Waals surface area contributed by atoms with Crippen molar-refractivity contribution in [1.82, 2.24) is 5.32 Å². The van der Waals surface area contributed by atoms with E-state index in [-0.39, 0.29) is 18.0 Å². The molecule has 0 saturated carbocycles. The van der Waals surface area contributed by atoms with Gasteiger partial charge in [-0.2, -0.15) is 0 Å². The van der Waals surface area contributed by atoms with Crippen LogP contribution in [0.5, 0.6) is 17.2 Å². The molecule has 4 rings (SSSR count). The van der Waals surface area contributed by atoms with E-state index in [1.54, 1.807) is 20.3 Å². The molecule has 3 aromatic rings. The summed E-state index contributed by atoms with van der Waals surface area (Å²) in [5.41, 5.74) is 3.77. The minimum Gasteiger partial charge on any atom is -0.504 e. The molecule has 0 aromatic heterocycles. The summed E-state index contributed by atoms with van der Waals surface area (Å²) < 4.78 is 10.9. The third-order valence-corrected chi connectivity index (χ3v) is 5.55. The van der Waals surface area contributed by atoms with Crippen molar-refractivity contribution in [3.8, 4) is 17.2 Å². The SMILES string of the molecule is COc1ccccc1C1NC(c2ccc(Cl)cc2)=CC(c2cccc(OC)c2O)[NH2+]1. The van der Waals surface area contributed by atoms with Gasteiger partial charge in [-0.15, -0.1) is 0 Å². The number of aromatic hydroxyl groups is 1. The van der Waals surface area contributed by atoms with Crippen molar-refractivity contribution in [3.63, 3.8) is 0 Å². The zero-order valence-corrected chi connectivity index (χ0v) is 17.6. The van der Waals surface area contributed by atoms with Crippen LogP contribution >= 0.6 is 11.6 Å². The number of nitrogens with one attached hydrogen (secondary N) is 1. The van der Waals surface area contributed by atoms with Gasteiger partial charge in [-0.3, -0.25) is 0 Å². The fourth-order valence-corrected chi connectivity index (χ4v) is 3.91. The quantitative estimate of drug-likeness (QED) is 0.580. The van der Waals surface area contributed by atoms with E-state index in [4.69, 9.17) is 21.1 Å². The number of methoxy groups -OCH3 is 2. The predicted molar refractivity (Wildman–Crippen MR) is 118 cm³/mol. The molecule has 2 unspecified atom stereocenters.